The molecule has 1 aromatic carbocycles. The third kappa shape index (κ3) is 2.74. The molecule has 0 spiro atoms. The van der Waals surface area contributed by atoms with Crippen molar-refractivity contribution in [2.45, 2.75) is 31.7 Å². The number of likely N-dealkylation sites (tertiary alicyclic amines) is 1. The molecule has 6 heteroatoms. The van der Waals surface area contributed by atoms with Crippen molar-refractivity contribution in [3.63, 3.8) is 0 Å². The highest BCUT2D eigenvalue weighted by Gasteiger charge is 2.49. The lowest BCUT2D eigenvalue weighted by Crippen LogP contribution is -2.45. The fourth-order valence-electron chi connectivity index (χ4n) is 3.77. The summed E-state index contributed by atoms with van der Waals surface area (Å²) >= 11 is 1.71. The standard InChI is InChI=1S/C20H20N2O3S/c1-20(15-5-3-2-4-6-15)11-17(23)22(19(20)25)13-18(24)21-9-7-16-14(12-21)8-10-26-16/h2-6,8,10H,7,9,11-13H2,1H3. The fourth-order valence-corrected chi connectivity index (χ4v) is 4.66. The highest BCUT2D eigenvalue weighted by Crippen LogP contribution is 2.36. The lowest BCUT2D eigenvalue weighted by atomic mass is 9.81. The van der Waals surface area contributed by atoms with E-state index in [9.17, 15) is 14.4 Å². The van der Waals surface area contributed by atoms with Crippen LogP contribution in [0.1, 0.15) is 29.3 Å². The molecule has 3 heterocycles. The maximum atomic E-state index is 12.9. The van der Waals surface area contributed by atoms with Gasteiger partial charge in [0.15, 0.2) is 0 Å². The number of nitrogens with zero attached hydrogens (tertiary/aromatic N) is 2. The molecule has 3 amide bonds. The molecule has 2 aliphatic rings. The van der Waals surface area contributed by atoms with Crippen LogP contribution >= 0.6 is 11.3 Å². The molecule has 134 valence electrons. The third-order valence-corrected chi connectivity index (χ3v) is 6.41. The molecule has 0 aliphatic carbocycles. The van der Waals surface area contributed by atoms with Gasteiger partial charge in [-0.2, -0.15) is 0 Å². The van der Waals surface area contributed by atoms with Crippen LogP contribution in [0.15, 0.2) is 41.8 Å². The SMILES string of the molecule is CC1(c2ccccc2)CC(=O)N(CC(=O)N2CCc3sccc3C2)C1=O. The van der Waals surface area contributed by atoms with Crippen molar-refractivity contribution in [1.82, 2.24) is 9.80 Å². The lowest BCUT2D eigenvalue weighted by molar-refractivity contribution is -0.146. The Labute approximate surface area is 156 Å². The zero-order valence-corrected chi connectivity index (χ0v) is 15.4. The van der Waals surface area contributed by atoms with Gasteiger partial charge in [0, 0.05) is 24.4 Å². The number of thiophene rings is 1. The highest BCUT2D eigenvalue weighted by molar-refractivity contribution is 7.10. The van der Waals surface area contributed by atoms with Gasteiger partial charge in [-0.15, -0.1) is 11.3 Å². The van der Waals surface area contributed by atoms with E-state index in [0.29, 0.717) is 13.1 Å². The van der Waals surface area contributed by atoms with Crippen LogP contribution in [-0.4, -0.2) is 40.6 Å². The van der Waals surface area contributed by atoms with Gasteiger partial charge in [0.05, 0.1) is 5.41 Å². The van der Waals surface area contributed by atoms with Crippen LogP contribution in [-0.2, 0) is 32.8 Å². The summed E-state index contributed by atoms with van der Waals surface area (Å²) in [7, 11) is 0. The first kappa shape index (κ1) is 17.0. The molecule has 5 nitrogen and oxygen atoms in total. The van der Waals surface area contributed by atoms with Gasteiger partial charge in [0.2, 0.25) is 17.7 Å². The summed E-state index contributed by atoms with van der Waals surface area (Å²) in [6.07, 6.45) is 0.945. The van der Waals surface area contributed by atoms with Gasteiger partial charge in [-0.1, -0.05) is 30.3 Å². The Kier molecular flexibility index (Phi) is 4.15. The van der Waals surface area contributed by atoms with Crippen molar-refractivity contribution in [3.8, 4) is 0 Å². The topological polar surface area (TPSA) is 57.7 Å². The summed E-state index contributed by atoms with van der Waals surface area (Å²) in [5.41, 5.74) is 1.10. The molecule has 1 aromatic heterocycles. The van der Waals surface area contributed by atoms with E-state index in [1.165, 1.54) is 10.4 Å². The van der Waals surface area contributed by atoms with Gasteiger partial charge >= 0.3 is 0 Å². The van der Waals surface area contributed by atoms with E-state index in [1.54, 1.807) is 23.2 Å². The number of rotatable bonds is 3. The predicted octanol–water partition coefficient (Wildman–Crippen LogP) is 2.35. The van der Waals surface area contributed by atoms with Crippen LogP contribution in [0.5, 0.6) is 0 Å². The zero-order valence-electron chi connectivity index (χ0n) is 14.6. The number of hydrogen-bond acceptors (Lipinski definition) is 4. The number of carbonyl (C=O) groups is 3. The Bertz CT molecular complexity index is 876. The summed E-state index contributed by atoms with van der Waals surface area (Å²) in [6, 6.07) is 11.4. The van der Waals surface area contributed by atoms with Crippen molar-refractivity contribution in [2.24, 2.45) is 0 Å². The predicted molar refractivity (Wildman–Crippen MR) is 98.6 cm³/mol. The number of hydrogen-bond donors (Lipinski definition) is 0. The molecule has 2 aromatic rings. The van der Waals surface area contributed by atoms with E-state index in [4.69, 9.17) is 0 Å². The molecule has 1 saturated heterocycles. The van der Waals surface area contributed by atoms with Gasteiger partial charge < -0.3 is 4.90 Å². The Balaban J connectivity index is 1.49. The number of imide groups is 1. The van der Waals surface area contributed by atoms with Crippen molar-refractivity contribution in [2.75, 3.05) is 13.1 Å². The second kappa shape index (κ2) is 6.36. The maximum absolute atomic E-state index is 12.9. The first-order valence-electron chi connectivity index (χ1n) is 8.72. The number of fused-ring (bicyclic) bond motifs is 1. The van der Waals surface area contributed by atoms with E-state index in [2.05, 4.69) is 0 Å². The molecule has 0 saturated carbocycles. The van der Waals surface area contributed by atoms with Gasteiger partial charge in [0.25, 0.3) is 0 Å². The van der Waals surface area contributed by atoms with E-state index >= 15 is 0 Å². The Morgan fingerprint density at radius 3 is 2.73 bits per heavy atom. The summed E-state index contributed by atoms with van der Waals surface area (Å²) < 4.78 is 0. The molecule has 0 bridgehead atoms. The second-order valence-corrected chi connectivity index (χ2v) is 8.09. The Morgan fingerprint density at radius 2 is 1.96 bits per heavy atom. The van der Waals surface area contributed by atoms with Crippen LogP contribution in [0, 0.1) is 0 Å². The largest absolute Gasteiger partial charge is 0.336 e. The molecule has 1 unspecified atom stereocenters. The number of benzene rings is 1. The average Bonchev–Trinajstić information content (AvgIpc) is 3.20. The van der Waals surface area contributed by atoms with Crippen LogP contribution in [0.3, 0.4) is 0 Å². The quantitative estimate of drug-likeness (QED) is 0.782. The summed E-state index contributed by atoms with van der Waals surface area (Å²) in [5.74, 6) is -0.723. The maximum Gasteiger partial charge on any atom is 0.243 e. The van der Waals surface area contributed by atoms with Gasteiger partial charge in [0.1, 0.15) is 6.54 Å². The van der Waals surface area contributed by atoms with E-state index in [0.717, 1.165) is 16.9 Å². The van der Waals surface area contributed by atoms with Gasteiger partial charge in [-0.25, -0.2) is 0 Å². The highest BCUT2D eigenvalue weighted by atomic mass is 32.1. The van der Waals surface area contributed by atoms with E-state index < -0.39 is 5.41 Å². The zero-order chi connectivity index (χ0) is 18.3. The molecule has 1 fully saturated rings. The first-order valence-corrected chi connectivity index (χ1v) is 9.60. The van der Waals surface area contributed by atoms with Crippen LogP contribution in [0.25, 0.3) is 0 Å². The van der Waals surface area contributed by atoms with E-state index in [-0.39, 0.29) is 30.7 Å². The van der Waals surface area contributed by atoms with Crippen molar-refractivity contribution < 1.29 is 14.4 Å². The minimum absolute atomic E-state index is 0.109. The minimum Gasteiger partial charge on any atom is -0.336 e. The summed E-state index contributed by atoms with van der Waals surface area (Å²) in [4.78, 5) is 42.3. The summed E-state index contributed by atoms with van der Waals surface area (Å²) in [6.45, 7) is 2.81. The second-order valence-electron chi connectivity index (χ2n) is 7.09. The normalized spacial score (nSPS) is 22.7. The number of carbonyl (C=O) groups excluding carboxylic acids is 3. The Hall–Kier alpha value is -2.47. The average molecular weight is 368 g/mol. The van der Waals surface area contributed by atoms with Crippen LogP contribution in [0.2, 0.25) is 0 Å². The molecule has 0 N–H and O–H groups in total. The van der Waals surface area contributed by atoms with Crippen LogP contribution < -0.4 is 0 Å². The molecular weight excluding hydrogens is 348 g/mol. The summed E-state index contributed by atoms with van der Waals surface area (Å²) in [5, 5.41) is 2.04. The van der Waals surface area contributed by atoms with Gasteiger partial charge in [-0.3, -0.25) is 19.3 Å². The van der Waals surface area contributed by atoms with E-state index in [1.807, 2.05) is 41.8 Å². The molecule has 2 aliphatic heterocycles. The number of amides is 3. The first-order chi connectivity index (χ1) is 12.5. The molecule has 4 rings (SSSR count). The molecule has 26 heavy (non-hydrogen) atoms. The fraction of sp³-hybridized carbons (Fsp3) is 0.350. The van der Waals surface area contributed by atoms with Gasteiger partial charge in [-0.05, 0) is 35.9 Å². The van der Waals surface area contributed by atoms with Crippen molar-refractivity contribution in [1.29, 1.82) is 0 Å². The van der Waals surface area contributed by atoms with Crippen molar-refractivity contribution in [3.05, 3.63) is 57.8 Å². The van der Waals surface area contributed by atoms with Crippen LogP contribution in [0.4, 0.5) is 0 Å². The molecule has 1 atom stereocenters. The van der Waals surface area contributed by atoms with Crippen molar-refractivity contribution >= 4 is 29.1 Å². The smallest absolute Gasteiger partial charge is 0.243 e. The lowest BCUT2D eigenvalue weighted by Gasteiger charge is -2.29. The monoisotopic (exact) mass is 368 g/mol. The third-order valence-electron chi connectivity index (χ3n) is 5.39. The Morgan fingerprint density at radius 1 is 1.19 bits per heavy atom. The molecular formula is C20H20N2O3S. The molecule has 0 radical (unpaired) electrons. The minimum atomic E-state index is -0.888.